The van der Waals surface area contributed by atoms with Crippen LogP contribution in [-0.2, 0) is 6.54 Å². The summed E-state index contributed by atoms with van der Waals surface area (Å²) >= 11 is 1.65. The van der Waals surface area contributed by atoms with Crippen LogP contribution in [0.25, 0.3) is 11.1 Å². The first kappa shape index (κ1) is 11.0. The molecule has 5 nitrogen and oxygen atoms in total. The van der Waals surface area contributed by atoms with E-state index in [4.69, 9.17) is 10.2 Å². The Hall–Kier alpha value is -2.08. The van der Waals surface area contributed by atoms with Crippen LogP contribution in [0.3, 0.4) is 0 Å². The van der Waals surface area contributed by atoms with Gasteiger partial charge in [0.05, 0.1) is 6.54 Å². The second kappa shape index (κ2) is 4.30. The van der Waals surface area contributed by atoms with Gasteiger partial charge in [-0.05, 0) is 25.1 Å². The van der Waals surface area contributed by atoms with Crippen LogP contribution >= 0.6 is 11.3 Å². The topological polar surface area (TPSA) is 77.0 Å². The monoisotopic (exact) mass is 260 g/mol. The Morgan fingerprint density at radius 3 is 3.11 bits per heavy atom. The molecule has 0 spiro atoms. The number of nitrogens with zero attached hydrogens (tertiary/aromatic N) is 2. The minimum absolute atomic E-state index is 0.489. The maximum Gasteiger partial charge on any atom is 0.296 e. The van der Waals surface area contributed by atoms with E-state index in [2.05, 4.69) is 15.3 Å². The summed E-state index contributed by atoms with van der Waals surface area (Å²) in [6.45, 7) is 2.64. The van der Waals surface area contributed by atoms with Crippen LogP contribution in [0.4, 0.5) is 11.7 Å². The Labute approximate surface area is 108 Å². The fourth-order valence-corrected chi connectivity index (χ4v) is 2.38. The van der Waals surface area contributed by atoms with Crippen LogP contribution in [0.15, 0.2) is 28.8 Å². The van der Waals surface area contributed by atoms with Crippen LogP contribution in [0.1, 0.15) is 9.88 Å². The number of thiazole rings is 1. The van der Waals surface area contributed by atoms with Crippen molar-refractivity contribution in [3.05, 3.63) is 34.3 Å². The predicted octanol–water partition coefficient (Wildman–Crippen LogP) is 2.79. The summed E-state index contributed by atoms with van der Waals surface area (Å²) in [5.41, 5.74) is 7.85. The van der Waals surface area contributed by atoms with E-state index < -0.39 is 0 Å². The lowest BCUT2D eigenvalue weighted by molar-refractivity contribution is 0.614. The van der Waals surface area contributed by atoms with E-state index in [1.807, 2.05) is 19.2 Å². The standard InChI is InChI=1S/C12H12N4OS/c1-7-5-14-11(18-7)6-15-12-16-9-4-8(13)2-3-10(9)17-12/h2-5H,6,13H2,1H3,(H,15,16). The van der Waals surface area contributed by atoms with Crippen molar-refractivity contribution in [3.8, 4) is 0 Å². The van der Waals surface area contributed by atoms with Gasteiger partial charge in [0, 0.05) is 16.8 Å². The molecule has 0 aliphatic carbocycles. The molecule has 0 amide bonds. The summed E-state index contributed by atoms with van der Waals surface area (Å²) in [7, 11) is 0. The molecular formula is C12H12N4OS. The van der Waals surface area contributed by atoms with E-state index >= 15 is 0 Å². The van der Waals surface area contributed by atoms with E-state index in [0.29, 0.717) is 18.2 Å². The first-order valence-corrected chi connectivity index (χ1v) is 6.33. The van der Waals surface area contributed by atoms with Gasteiger partial charge in [-0.25, -0.2) is 4.98 Å². The van der Waals surface area contributed by atoms with Crippen molar-refractivity contribution in [2.75, 3.05) is 11.1 Å². The smallest absolute Gasteiger partial charge is 0.296 e. The number of benzene rings is 1. The average Bonchev–Trinajstić information content (AvgIpc) is 2.92. The number of nitrogen functional groups attached to an aromatic ring is 1. The molecule has 1 aromatic carbocycles. The van der Waals surface area contributed by atoms with Gasteiger partial charge in [0.15, 0.2) is 5.58 Å². The zero-order valence-corrected chi connectivity index (χ0v) is 10.6. The van der Waals surface area contributed by atoms with Crippen LogP contribution in [-0.4, -0.2) is 9.97 Å². The van der Waals surface area contributed by atoms with Crippen molar-refractivity contribution in [2.24, 2.45) is 0 Å². The Morgan fingerprint density at radius 2 is 2.33 bits per heavy atom. The first-order chi connectivity index (χ1) is 8.70. The summed E-state index contributed by atoms with van der Waals surface area (Å²) in [4.78, 5) is 9.77. The lowest BCUT2D eigenvalue weighted by atomic mass is 10.3. The summed E-state index contributed by atoms with van der Waals surface area (Å²) < 4.78 is 5.55. The molecule has 0 saturated carbocycles. The van der Waals surface area contributed by atoms with Gasteiger partial charge in [0.25, 0.3) is 6.01 Å². The van der Waals surface area contributed by atoms with Crippen molar-refractivity contribution in [1.82, 2.24) is 9.97 Å². The number of nitrogens with two attached hydrogens (primary N) is 1. The van der Waals surface area contributed by atoms with E-state index in [1.54, 1.807) is 23.5 Å². The normalized spacial score (nSPS) is 10.9. The minimum atomic E-state index is 0.489. The molecule has 0 saturated heterocycles. The zero-order chi connectivity index (χ0) is 12.5. The van der Waals surface area contributed by atoms with E-state index in [0.717, 1.165) is 16.1 Å². The van der Waals surface area contributed by atoms with Gasteiger partial charge < -0.3 is 15.5 Å². The van der Waals surface area contributed by atoms with E-state index in [1.165, 1.54) is 4.88 Å². The summed E-state index contributed by atoms with van der Waals surface area (Å²) in [6.07, 6.45) is 1.86. The summed E-state index contributed by atoms with van der Waals surface area (Å²) in [6, 6.07) is 5.89. The lowest BCUT2D eigenvalue weighted by Crippen LogP contribution is -1.98. The number of anilines is 2. The molecule has 0 bridgehead atoms. The van der Waals surface area contributed by atoms with Crippen molar-refractivity contribution in [3.63, 3.8) is 0 Å². The molecule has 0 unspecified atom stereocenters. The SMILES string of the molecule is Cc1cnc(CNc2nc3cc(N)ccc3o2)s1. The third kappa shape index (κ3) is 2.14. The second-order valence-corrected chi connectivity index (χ2v) is 5.28. The Balaban J connectivity index is 1.78. The number of oxazole rings is 1. The maximum absolute atomic E-state index is 5.69. The molecule has 18 heavy (non-hydrogen) atoms. The average molecular weight is 260 g/mol. The Kier molecular flexibility index (Phi) is 2.64. The molecule has 2 aromatic heterocycles. The summed E-state index contributed by atoms with van der Waals surface area (Å²) in [5.74, 6) is 0. The molecule has 0 aliphatic rings. The maximum atomic E-state index is 5.69. The molecule has 0 radical (unpaired) electrons. The van der Waals surface area contributed by atoms with Crippen molar-refractivity contribution in [2.45, 2.75) is 13.5 Å². The lowest BCUT2D eigenvalue weighted by Gasteiger charge is -1.96. The largest absolute Gasteiger partial charge is 0.424 e. The molecule has 3 N–H and O–H groups in total. The number of rotatable bonds is 3. The number of hydrogen-bond acceptors (Lipinski definition) is 6. The van der Waals surface area contributed by atoms with Gasteiger partial charge in [-0.15, -0.1) is 11.3 Å². The highest BCUT2D eigenvalue weighted by molar-refractivity contribution is 7.11. The highest BCUT2D eigenvalue weighted by Crippen LogP contribution is 2.21. The molecule has 3 aromatic rings. The number of aromatic nitrogens is 2. The van der Waals surface area contributed by atoms with Crippen LogP contribution in [0, 0.1) is 6.92 Å². The van der Waals surface area contributed by atoms with Gasteiger partial charge in [-0.2, -0.15) is 4.98 Å². The Bertz CT molecular complexity index is 688. The van der Waals surface area contributed by atoms with Crippen LogP contribution in [0.2, 0.25) is 0 Å². The molecule has 0 fully saturated rings. The van der Waals surface area contributed by atoms with Crippen LogP contribution < -0.4 is 11.1 Å². The van der Waals surface area contributed by atoms with Gasteiger partial charge in [0.2, 0.25) is 0 Å². The van der Waals surface area contributed by atoms with Crippen molar-refractivity contribution in [1.29, 1.82) is 0 Å². The second-order valence-electron chi connectivity index (χ2n) is 3.96. The zero-order valence-electron chi connectivity index (χ0n) is 9.80. The third-order valence-corrected chi connectivity index (χ3v) is 3.38. The summed E-state index contributed by atoms with van der Waals surface area (Å²) in [5, 5.41) is 4.12. The van der Waals surface area contributed by atoms with Gasteiger partial charge in [0.1, 0.15) is 10.5 Å². The quantitative estimate of drug-likeness (QED) is 0.708. The van der Waals surface area contributed by atoms with Crippen LogP contribution in [0.5, 0.6) is 0 Å². The molecular weight excluding hydrogens is 248 g/mol. The molecule has 0 aliphatic heterocycles. The van der Waals surface area contributed by atoms with E-state index in [-0.39, 0.29) is 0 Å². The molecule has 6 heteroatoms. The molecule has 3 rings (SSSR count). The molecule has 0 atom stereocenters. The Morgan fingerprint density at radius 1 is 1.44 bits per heavy atom. The van der Waals surface area contributed by atoms with Crippen molar-refractivity contribution < 1.29 is 4.42 Å². The van der Waals surface area contributed by atoms with Gasteiger partial charge in [-0.1, -0.05) is 0 Å². The highest BCUT2D eigenvalue weighted by atomic mass is 32.1. The number of hydrogen-bond donors (Lipinski definition) is 2. The fraction of sp³-hybridized carbons (Fsp3) is 0.167. The number of nitrogens with one attached hydrogen (secondary N) is 1. The first-order valence-electron chi connectivity index (χ1n) is 5.52. The van der Waals surface area contributed by atoms with Gasteiger partial charge in [-0.3, -0.25) is 0 Å². The highest BCUT2D eigenvalue weighted by Gasteiger charge is 2.06. The number of fused-ring (bicyclic) bond motifs is 1. The minimum Gasteiger partial charge on any atom is -0.424 e. The molecule has 92 valence electrons. The van der Waals surface area contributed by atoms with Crippen molar-refractivity contribution >= 4 is 34.1 Å². The molecule has 2 heterocycles. The van der Waals surface area contributed by atoms with Gasteiger partial charge >= 0.3 is 0 Å². The predicted molar refractivity (Wildman–Crippen MR) is 72.6 cm³/mol. The van der Waals surface area contributed by atoms with E-state index in [9.17, 15) is 0 Å². The third-order valence-electron chi connectivity index (χ3n) is 2.47. The fourth-order valence-electron chi connectivity index (χ4n) is 1.65. The number of aryl methyl sites for hydroxylation is 1.